The predicted molar refractivity (Wildman–Crippen MR) is 153 cm³/mol. The average Bonchev–Trinajstić information content (AvgIpc) is 3.56. The summed E-state index contributed by atoms with van der Waals surface area (Å²) in [5, 5.41) is 14.3. The summed E-state index contributed by atoms with van der Waals surface area (Å²) in [6.07, 6.45) is -0.567. The van der Waals surface area contributed by atoms with E-state index in [9.17, 15) is 13.2 Å². The standard InChI is InChI=1S/C29H27F3N6OS/c1-4-22-7-5-6-19(2)26(22)38-20(3)17-40-28(38)35-34-16-21-8-10-23(11-9-21)27-33-18-37(36-27)24-12-14-25(15-13-24)39-29(30,31)32/h5-16,18,20H,4,17H2,1-3H3/b34-16+,35-28-. The minimum atomic E-state index is -4.74. The van der Waals surface area contributed by atoms with E-state index in [-0.39, 0.29) is 5.75 Å². The number of hydrogen-bond donors (Lipinski definition) is 0. The van der Waals surface area contributed by atoms with Crippen molar-refractivity contribution in [2.24, 2.45) is 10.2 Å². The van der Waals surface area contributed by atoms with E-state index in [1.807, 2.05) is 24.3 Å². The van der Waals surface area contributed by atoms with Crippen molar-refractivity contribution in [2.75, 3.05) is 10.7 Å². The van der Waals surface area contributed by atoms with E-state index in [1.165, 1.54) is 52.1 Å². The smallest absolute Gasteiger partial charge is 0.406 e. The number of amidine groups is 1. The molecule has 0 saturated carbocycles. The van der Waals surface area contributed by atoms with Gasteiger partial charge in [0.25, 0.3) is 0 Å². The Balaban J connectivity index is 1.28. The zero-order valence-electron chi connectivity index (χ0n) is 22.1. The maximum absolute atomic E-state index is 12.4. The van der Waals surface area contributed by atoms with Gasteiger partial charge >= 0.3 is 6.36 Å². The fourth-order valence-electron chi connectivity index (χ4n) is 4.45. The fraction of sp³-hybridized carbons (Fsp3) is 0.241. The third kappa shape index (κ3) is 6.20. The van der Waals surface area contributed by atoms with Gasteiger partial charge in [0.1, 0.15) is 12.1 Å². The lowest BCUT2D eigenvalue weighted by Crippen LogP contribution is -2.33. The lowest BCUT2D eigenvalue weighted by molar-refractivity contribution is -0.274. The third-order valence-corrected chi connectivity index (χ3v) is 7.57. The molecule has 40 heavy (non-hydrogen) atoms. The molecule has 11 heteroatoms. The molecule has 0 radical (unpaired) electrons. The number of benzene rings is 3. The van der Waals surface area contributed by atoms with Gasteiger partial charge in [0.05, 0.1) is 11.9 Å². The Kier molecular flexibility index (Phi) is 7.92. The van der Waals surface area contributed by atoms with Crippen molar-refractivity contribution in [3.8, 4) is 22.8 Å². The van der Waals surface area contributed by atoms with Crippen LogP contribution in [0.4, 0.5) is 18.9 Å². The van der Waals surface area contributed by atoms with E-state index in [2.05, 4.69) is 68.9 Å². The van der Waals surface area contributed by atoms with Crippen molar-refractivity contribution >= 4 is 28.8 Å². The molecule has 1 aliphatic rings. The summed E-state index contributed by atoms with van der Waals surface area (Å²) >= 11 is 1.71. The van der Waals surface area contributed by atoms with Gasteiger partial charge in [-0.25, -0.2) is 9.67 Å². The predicted octanol–water partition coefficient (Wildman–Crippen LogP) is 7.04. The largest absolute Gasteiger partial charge is 0.573 e. The van der Waals surface area contributed by atoms with Crippen molar-refractivity contribution in [1.82, 2.24) is 14.8 Å². The van der Waals surface area contributed by atoms with Gasteiger partial charge in [-0.2, -0.15) is 5.10 Å². The van der Waals surface area contributed by atoms with Crippen molar-refractivity contribution < 1.29 is 17.9 Å². The molecule has 1 aliphatic heterocycles. The number of nitrogens with zero attached hydrogens (tertiary/aromatic N) is 6. The van der Waals surface area contributed by atoms with Crippen LogP contribution >= 0.6 is 11.8 Å². The Bertz CT molecular complexity index is 1530. The molecular weight excluding hydrogens is 537 g/mol. The molecule has 0 bridgehead atoms. The number of aromatic nitrogens is 3. The molecule has 1 atom stereocenters. The van der Waals surface area contributed by atoms with Crippen LogP contribution in [0.25, 0.3) is 17.1 Å². The molecule has 1 unspecified atom stereocenters. The second-order valence-electron chi connectivity index (χ2n) is 9.27. The average molecular weight is 565 g/mol. The SMILES string of the molecule is CCc1cccc(C)c1N1/C(=N/N=C/c2ccc(-c3ncn(-c4ccc(OC(F)(F)F)cc4)n3)cc2)SCC1C. The van der Waals surface area contributed by atoms with E-state index in [0.29, 0.717) is 17.6 Å². The van der Waals surface area contributed by atoms with E-state index < -0.39 is 6.36 Å². The maximum atomic E-state index is 12.4. The van der Waals surface area contributed by atoms with Crippen molar-refractivity contribution in [1.29, 1.82) is 0 Å². The molecule has 5 rings (SSSR count). The van der Waals surface area contributed by atoms with Crippen LogP contribution in [0.3, 0.4) is 0 Å². The zero-order chi connectivity index (χ0) is 28.3. The van der Waals surface area contributed by atoms with E-state index in [1.54, 1.807) is 18.0 Å². The third-order valence-electron chi connectivity index (χ3n) is 6.39. The Morgan fingerprint density at radius 3 is 2.52 bits per heavy atom. The molecule has 2 heterocycles. The molecular formula is C29H27F3N6OS. The first-order chi connectivity index (χ1) is 19.2. The van der Waals surface area contributed by atoms with Gasteiger partial charge in [-0.1, -0.05) is 61.2 Å². The van der Waals surface area contributed by atoms with Gasteiger partial charge in [0, 0.05) is 23.0 Å². The van der Waals surface area contributed by atoms with E-state index in [0.717, 1.165) is 28.5 Å². The van der Waals surface area contributed by atoms with Crippen LogP contribution in [-0.4, -0.2) is 44.3 Å². The van der Waals surface area contributed by atoms with Crippen LogP contribution in [0.1, 0.15) is 30.5 Å². The molecule has 206 valence electrons. The quantitative estimate of drug-likeness (QED) is 0.178. The Labute approximate surface area is 234 Å². The molecule has 1 aromatic heterocycles. The molecule has 7 nitrogen and oxygen atoms in total. The molecule has 0 N–H and O–H groups in total. The second-order valence-corrected chi connectivity index (χ2v) is 10.3. The summed E-state index contributed by atoms with van der Waals surface area (Å²) in [7, 11) is 0. The lowest BCUT2D eigenvalue weighted by Gasteiger charge is -2.27. The summed E-state index contributed by atoms with van der Waals surface area (Å²) in [5.74, 6) is 1.14. The van der Waals surface area contributed by atoms with Crippen LogP contribution in [0.2, 0.25) is 0 Å². The van der Waals surface area contributed by atoms with E-state index >= 15 is 0 Å². The topological polar surface area (TPSA) is 67.9 Å². The highest BCUT2D eigenvalue weighted by molar-refractivity contribution is 8.14. The number of alkyl halides is 3. The van der Waals surface area contributed by atoms with Crippen molar-refractivity contribution in [3.63, 3.8) is 0 Å². The van der Waals surface area contributed by atoms with Gasteiger partial charge in [-0.05, 0) is 61.2 Å². The highest BCUT2D eigenvalue weighted by Crippen LogP contribution is 2.35. The normalized spacial score (nSPS) is 16.8. The van der Waals surface area contributed by atoms with Gasteiger partial charge in [-0.15, -0.1) is 23.4 Å². The molecule has 1 saturated heterocycles. The molecule has 0 amide bonds. The number of para-hydroxylation sites is 1. The Morgan fingerprint density at radius 1 is 1.07 bits per heavy atom. The summed E-state index contributed by atoms with van der Waals surface area (Å²) in [4.78, 5) is 6.62. The number of hydrogen-bond acceptors (Lipinski definition) is 6. The van der Waals surface area contributed by atoms with Gasteiger partial charge in [0.2, 0.25) is 0 Å². The molecule has 3 aromatic carbocycles. The Hall–Kier alpha value is -4.12. The minimum Gasteiger partial charge on any atom is -0.406 e. The van der Waals surface area contributed by atoms with Crippen LogP contribution in [-0.2, 0) is 6.42 Å². The van der Waals surface area contributed by atoms with E-state index in [4.69, 9.17) is 0 Å². The van der Waals surface area contributed by atoms with Crippen LogP contribution in [0.15, 0.2) is 83.3 Å². The number of ether oxygens (including phenoxy) is 1. The van der Waals surface area contributed by atoms with Crippen molar-refractivity contribution in [3.05, 3.63) is 89.7 Å². The minimum absolute atomic E-state index is 0.298. The molecule has 4 aromatic rings. The number of anilines is 1. The van der Waals surface area contributed by atoms with Crippen molar-refractivity contribution in [2.45, 2.75) is 39.6 Å². The summed E-state index contributed by atoms with van der Waals surface area (Å²) in [6.45, 7) is 6.50. The summed E-state index contributed by atoms with van der Waals surface area (Å²) in [6, 6.07) is 19.7. The fourth-order valence-corrected chi connectivity index (χ4v) is 5.51. The van der Waals surface area contributed by atoms with Gasteiger partial charge in [0.15, 0.2) is 11.0 Å². The first kappa shape index (κ1) is 27.4. The summed E-state index contributed by atoms with van der Waals surface area (Å²) < 4.78 is 42.6. The monoisotopic (exact) mass is 564 g/mol. The highest BCUT2D eigenvalue weighted by atomic mass is 32.2. The van der Waals surface area contributed by atoms with Crippen LogP contribution in [0, 0.1) is 6.92 Å². The van der Waals surface area contributed by atoms with Crippen LogP contribution < -0.4 is 9.64 Å². The van der Waals surface area contributed by atoms with Gasteiger partial charge in [-0.3, -0.25) is 0 Å². The summed E-state index contributed by atoms with van der Waals surface area (Å²) in [5.41, 5.74) is 5.96. The second kappa shape index (κ2) is 11.5. The first-order valence-electron chi connectivity index (χ1n) is 12.7. The number of halogens is 3. The number of aryl methyl sites for hydroxylation is 2. The zero-order valence-corrected chi connectivity index (χ0v) is 22.9. The highest BCUT2D eigenvalue weighted by Gasteiger charge is 2.31. The lowest BCUT2D eigenvalue weighted by atomic mass is 10.0. The number of rotatable bonds is 7. The Morgan fingerprint density at radius 2 is 1.82 bits per heavy atom. The number of thioether (sulfide) groups is 1. The first-order valence-corrected chi connectivity index (χ1v) is 13.7. The van der Waals surface area contributed by atoms with Gasteiger partial charge < -0.3 is 9.64 Å². The molecule has 0 spiro atoms. The molecule has 1 fully saturated rings. The molecule has 0 aliphatic carbocycles. The van der Waals surface area contributed by atoms with Crippen LogP contribution in [0.5, 0.6) is 5.75 Å². The maximum Gasteiger partial charge on any atom is 0.573 e.